The van der Waals surface area contributed by atoms with E-state index in [2.05, 4.69) is 5.32 Å². The summed E-state index contributed by atoms with van der Waals surface area (Å²) in [6.45, 7) is 0.303. The average molecular weight is 483 g/mol. The van der Waals surface area contributed by atoms with Gasteiger partial charge in [0.05, 0.1) is 5.69 Å². The third-order valence-corrected chi connectivity index (χ3v) is 5.92. The Morgan fingerprint density at radius 2 is 1.54 bits per heavy atom. The van der Waals surface area contributed by atoms with Gasteiger partial charge in [-0.15, -0.1) is 0 Å². The Bertz CT molecular complexity index is 1490. The van der Waals surface area contributed by atoms with Crippen LogP contribution in [-0.4, -0.2) is 17.8 Å². The molecule has 1 heterocycles. The number of rotatable bonds is 5. The van der Waals surface area contributed by atoms with E-state index in [0.717, 1.165) is 21.2 Å². The highest BCUT2D eigenvalue weighted by Gasteiger charge is 2.36. The lowest BCUT2D eigenvalue weighted by Gasteiger charge is -2.26. The first kappa shape index (κ1) is 22.4. The minimum Gasteiger partial charge on any atom is -0.488 e. The number of imide groups is 2. The highest BCUT2D eigenvalue weighted by Crippen LogP contribution is 2.27. The zero-order chi connectivity index (χ0) is 24.4. The number of ether oxygens (including phenoxy) is 1. The van der Waals surface area contributed by atoms with Crippen molar-refractivity contribution in [2.24, 2.45) is 0 Å². The lowest BCUT2D eigenvalue weighted by Crippen LogP contribution is -2.54. The first-order valence-electron chi connectivity index (χ1n) is 10.9. The third kappa shape index (κ3) is 4.52. The number of urea groups is 1. The molecule has 35 heavy (non-hydrogen) atoms. The Balaban J connectivity index is 1.45. The molecule has 1 saturated heterocycles. The van der Waals surface area contributed by atoms with Gasteiger partial charge in [0.2, 0.25) is 0 Å². The number of carbonyl (C=O) groups excluding carboxylic acids is 3. The smallest absolute Gasteiger partial charge is 0.335 e. The van der Waals surface area contributed by atoms with Gasteiger partial charge in [-0.3, -0.25) is 14.9 Å². The van der Waals surface area contributed by atoms with E-state index in [4.69, 9.17) is 16.3 Å². The van der Waals surface area contributed by atoms with Gasteiger partial charge in [-0.25, -0.2) is 9.69 Å². The molecule has 0 aromatic heterocycles. The number of hydrogen-bond donors (Lipinski definition) is 1. The van der Waals surface area contributed by atoms with Gasteiger partial charge < -0.3 is 4.74 Å². The molecule has 7 heteroatoms. The van der Waals surface area contributed by atoms with Crippen LogP contribution in [-0.2, 0) is 16.2 Å². The second kappa shape index (κ2) is 9.44. The Hall–Kier alpha value is -4.42. The minimum absolute atomic E-state index is 0.180. The van der Waals surface area contributed by atoms with Crippen LogP contribution in [0.3, 0.4) is 0 Å². The maximum Gasteiger partial charge on any atom is 0.335 e. The van der Waals surface area contributed by atoms with Crippen LogP contribution >= 0.6 is 11.6 Å². The van der Waals surface area contributed by atoms with Crippen LogP contribution < -0.4 is 15.0 Å². The Morgan fingerprint density at radius 1 is 0.829 bits per heavy atom. The molecule has 0 aliphatic carbocycles. The standard InChI is InChI=1S/C28H19ClN2O4/c29-21-12-14-22(15-13-21)31-27(33)24(26(32)30-28(31)34)16-19-7-2-4-11-25(19)35-17-20-9-5-8-18-6-1-3-10-23(18)20/h1-16H,17H2,(H,30,32,34). The van der Waals surface area contributed by atoms with Crippen molar-refractivity contribution in [3.63, 3.8) is 0 Å². The fourth-order valence-corrected chi connectivity index (χ4v) is 4.07. The van der Waals surface area contributed by atoms with Gasteiger partial charge >= 0.3 is 6.03 Å². The highest BCUT2D eigenvalue weighted by atomic mass is 35.5. The number of anilines is 1. The van der Waals surface area contributed by atoms with E-state index in [1.165, 1.54) is 18.2 Å². The summed E-state index contributed by atoms with van der Waals surface area (Å²) in [6.07, 6.45) is 1.44. The third-order valence-electron chi connectivity index (χ3n) is 5.67. The largest absolute Gasteiger partial charge is 0.488 e. The van der Waals surface area contributed by atoms with Gasteiger partial charge in [-0.1, -0.05) is 72.3 Å². The molecule has 0 spiro atoms. The summed E-state index contributed by atoms with van der Waals surface area (Å²) in [6, 6.07) is 26.5. The number of fused-ring (bicyclic) bond motifs is 1. The van der Waals surface area contributed by atoms with E-state index in [1.54, 1.807) is 30.3 Å². The van der Waals surface area contributed by atoms with Gasteiger partial charge in [0, 0.05) is 10.6 Å². The van der Waals surface area contributed by atoms with Crippen molar-refractivity contribution in [2.45, 2.75) is 6.61 Å². The number of nitrogens with one attached hydrogen (secondary N) is 1. The fourth-order valence-electron chi connectivity index (χ4n) is 3.94. The van der Waals surface area contributed by atoms with Crippen molar-refractivity contribution >= 4 is 52.0 Å². The van der Waals surface area contributed by atoms with Crippen LogP contribution in [0.2, 0.25) is 5.02 Å². The maximum atomic E-state index is 13.2. The SMILES string of the molecule is O=C1NC(=O)N(c2ccc(Cl)cc2)C(=O)C1=Cc1ccccc1OCc1cccc2ccccc12. The first-order valence-corrected chi connectivity index (χ1v) is 11.2. The minimum atomic E-state index is -0.819. The van der Waals surface area contributed by atoms with Crippen LogP contribution in [0.5, 0.6) is 5.75 Å². The van der Waals surface area contributed by atoms with E-state index >= 15 is 0 Å². The molecule has 6 nitrogen and oxygen atoms in total. The van der Waals surface area contributed by atoms with Gasteiger partial charge in [-0.2, -0.15) is 0 Å². The molecule has 4 aromatic rings. The van der Waals surface area contributed by atoms with Crippen LogP contribution in [0, 0.1) is 0 Å². The molecule has 0 radical (unpaired) electrons. The number of carbonyl (C=O) groups is 3. The summed E-state index contributed by atoms with van der Waals surface area (Å²) < 4.78 is 6.11. The van der Waals surface area contributed by atoms with Crippen molar-refractivity contribution in [3.8, 4) is 5.75 Å². The first-order chi connectivity index (χ1) is 17.0. The quantitative estimate of drug-likeness (QED) is 0.291. The molecule has 1 aliphatic heterocycles. The summed E-state index contributed by atoms with van der Waals surface area (Å²) >= 11 is 5.92. The topological polar surface area (TPSA) is 75.7 Å². The predicted octanol–water partition coefficient (Wildman–Crippen LogP) is 5.74. The molecular weight excluding hydrogens is 464 g/mol. The summed E-state index contributed by atoms with van der Waals surface area (Å²) in [5, 5.41) is 4.89. The molecule has 4 aromatic carbocycles. The second-order valence-electron chi connectivity index (χ2n) is 7.90. The molecular formula is C28H19ClN2O4. The molecule has 0 atom stereocenters. The average Bonchev–Trinajstić information content (AvgIpc) is 2.87. The molecule has 1 fully saturated rings. The van der Waals surface area contributed by atoms with E-state index in [9.17, 15) is 14.4 Å². The Labute approximate surface area is 206 Å². The summed E-state index contributed by atoms with van der Waals surface area (Å²) in [4.78, 5) is 39.1. The van der Waals surface area contributed by atoms with Crippen LogP contribution in [0.4, 0.5) is 10.5 Å². The maximum absolute atomic E-state index is 13.2. The van der Waals surface area contributed by atoms with Gasteiger partial charge in [0.25, 0.3) is 11.8 Å². The van der Waals surface area contributed by atoms with Gasteiger partial charge in [0.1, 0.15) is 17.9 Å². The predicted molar refractivity (Wildman–Crippen MR) is 135 cm³/mol. The number of barbiturate groups is 1. The Kier molecular flexibility index (Phi) is 6.04. The van der Waals surface area contributed by atoms with Crippen molar-refractivity contribution in [3.05, 3.63) is 113 Å². The lowest BCUT2D eigenvalue weighted by molar-refractivity contribution is -0.122. The van der Waals surface area contributed by atoms with E-state index in [1.807, 2.05) is 48.5 Å². The summed E-state index contributed by atoms with van der Waals surface area (Å²) in [7, 11) is 0. The van der Waals surface area contributed by atoms with Gasteiger partial charge in [-0.05, 0) is 52.7 Å². The fraction of sp³-hybridized carbons (Fsp3) is 0.0357. The number of halogens is 1. The van der Waals surface area contributed by atoms with E-state index in [0.29, 0.717) is 28.6 Å². The highest BCUT2D eigenvalue weighted by molar-refractivity contribution is 6.39. The van der Waals surface area contributed by atoms with Crippen LogP contribution in [0.15, 0.2) is 96.6 Å². The number of benzene rings is 4. The molecule has 172 valence electrons. The summed E-state index contributed by atoms with van der Waals surface area (Å²) in [5.41, 5.74) is 1.67. The molecule has 1 aliphatic rings. The normalized spacial score (nSPS) is 14.9. The number of amides is 4. The van der Waals surface area contributed by atoms with Gasteiger partial charge in [0.15, 0.2) is 0 Å². The number of nitrogens with zero attached hydrogens (tertiary/aromatic N) is 1. The zero-order valence-electron chi connectivity index (χ0n) is 18.4. The van der Waals surface area contributed by atoms with Crippen LogP contribution in [0.25, 0.3) is 16.8 Å². The van der Waals surface area contributed by atoms with Crippen molar-refractivity contribution < 1.29 is 19.1 Å². The molecule has 4 amide bonds. The second-order valence-corrected chi connectivity index (χ2v) is 8.34. The van der Waals surface area contributed by atoms with Crippen molar-refractivity contribution in [2.75, 3.05) is 4.90 Å². The molecule has 0 saturated carbocycles. The summed E-state index contributed by atoms with van der Waals surface area (Å²) in [5.74, 6) is -0.998. The molecule has 0 bridgehead atoms. The zero-order valence-corrected chi connectivity index (χ0v) is 19.2. The number of hydrogen-bond acceptors (Lipinski definition) is 4. The Morgan fingerprint density at radius 3 is 2.37 bits per heavy atom. The van der Waals surface area contributed by atoms with Crippen molar-refractivity contribution in [1.29, 1.82) is 0 Å². The number of para-hydroxylation sites is 1. The van der Waals surface area contributed by atoms with Crippen molar-refractivity contribution in [1.82, 2.24) is 5.32 Å². The van der Waals surface area contributed by atoms with Crippen LogP contribution in [0.1, 0.15) is 11.1 Å². The van der Waals surface area contributed by atoms with E-state index in [-0.39, 0.29) is 5.57 Å². The molecule has 0 unspecified atom stereocenters. The molecule has 1 N–H and O–H groups in total. The monoisotopic (exact) mass is 482 g/mol. The lowest BCUT2D eigenvalue weighted by atomic mass is 10.0. The molecule has 5 rings (SSSR count). The van der Waals surface area contributed by atoms with E-state index < -0.39 is 17.8 Å².